The van der Waals surface area contributed by atoms with Crippen LogP contribution in [0.3, 0.4) is 0 Å². The molecular weight excluding hydrogens is 816 g/mol. The maximum absolute atomic E-state index is 2.93. The van der Waals surface area contributed by atoms with Gasteiger partial charge in [-0.1, -0.05) is 158 Å². The number of anilines is 12. The molecule has 4 aliphatic rings. The van der Waals surface area contributed by atoms with Gasteiger partial charge in [-0.25, -0.2) is 0 Å². The largest absolute Gasteiger partial charge is 0.311 e. The Balaban J connectivity index is 1.01. The molecule has 0 unspecified atom stereocenters. The van der Waals surface area contributed by atoms with Gasteiger partial charge in [0.15, 0.2) is 8.07 Å². The molecule has 0 bridgehead atoms. The van der Waals surface area contributed by atoms with Crippen molar-refractivity contribution in [2.24, 2.45) is 0 Å². The number of rotatable bonds is 4. The predicted molar refractivity (Wildman–Crippen MR) is 281 cm³/mol. The quantitative estimate of drug-likeness (QED) is 0.164. The van der Waals surface area contributed by atoms with Crippen molar-refractivity contribution in [3.63, 3.8) is 0 Å². The van der Waals surface area contributed by atoms with Crippen molar-refractivity contribution in [1.29, 1.82) is 0 Å². The van der Waals surface area contributed by atoms with E-state index in [1.807, 2.05) is 0 Å². The molecule has 6 heteroatoms. The van der Waals surface area contributed by atoms with E-state index in [2.05, 4.69) is 268 Å². The fourth-order valence-corrected chi connectivity index (χ4v) is 17.4. The molecule has 4 heterocycles. The summed E-state index contributed by atoms with van der Waals surface area (Å²) in [6.45, 7) is 0.0378. The maximum atomic E-state index is 2.55. The first-order valence-electron chi connectivity index (χ1n) is 22.9. The van der Waals surface area contributed by atoms with E-state index in [1.165, 1.54) is 88.3 Å². The van der Waals surface area contributed by atoms with Crippen LogP contribution < -0.4 is 56.7 Å². The standard InChI is InChI=1S/C60H41BN4Si/c1-4-21-42(22-5-1)62-48-28-11-10-27-46(48)61-47-40-39-45(41-55(47)64(44-25-8-3-9-26-44)54-34-20-33-53(62)60(54)61)65-51-31-14-18-37-58(51)66(59-38-19-15-32-52(59)65)56-35-16-12-29-49(56)63(43-23-6-2-7-24-43)50-30-13-17-36-57(50)66/h1-41H. The minimum atomic E-state index is -2.93. The molecule has 4 aliphatic heterocycles. The van der Waals surface area contributed by atoms with Crippen LogP contribution in [0.15, 0.2) is 249 Å². The van der Waals surface area contributed by atoms with Crippen LogP contribution in [0.5, 0.6) is 0 Å². The molecule has 0 aromatic heterocycles. The SMILES string of the molecule is c1ccc(N2c3ccccc3[Si]3(c4ccccc42)c2ccccc2N(c2ccc4c(c2)N(c2ccccc2)c2cccc5c2B4c2ccccc2N5c2ccccc2)c2ccccc23)cc1. The van der Waals surface area contributed by atoms with E-state index in [4.69, 9.17) is 0 Å². The van der Waals surface area contributed by atoms with Gasteiger partial charge in [0.2, 0.25) is 0 Å². The van der Waals surface area contributed by atoms with Crippen LogP contribution in [0.25, 0.3) is 0 Å². The summed E-state index contributed by atoms with van der Waals surface area (Å²) in [5.41, 5.74) is 18.3. The molecule has 0 amide bonds. The number of benzene rings is 10. The molecule has 0 saturated heterocycles. The smallest absolute Gasteiger partial charge is 0.252 e. The summed E-state index contributed by atoms with van der Waals surface area (Å²) in [5.74, 6) is 0. The van der Waals surface area contributed by atoms with Gasteiger partial charge in [-0.05, 0) is 128 Å². The number of para-hydroxylation sites is 8. The lowest BCUT2D eigenvalue weighted by Gasteiger charge is -2.50. The van der Waals surface area contributed by atoms with E-state index in [9.17, 15) is 0 Å². The zero-order valence-corrected chi connectivity index (χ0v) is 37.0. The molecule has 308 valence electrons. The van der Waals surface area contributed by atoms with E-state index >= 15 is 0 Å². The minimum Gasteiger partial charge on any atom is -0.311 e. The van der Waals surface area contributed by atoms with E-state index < -0.39 is 8.07 Å². The van der Waals surface area contributed by atoms with Crippen LogP contribution in [0.4, 0.5) is 68.2 Å². The summed E-state index contributed by atoms with van der Waals surface area (Å²) < 4.78 is 0. The Bertz CT molecular complexity index is 3450. The van der Waals surface area contributed by atoms with Gasteiger partial charge < -0.3 is 19.6 Å². The lowest BCUT2D eigenvalue weighted by atomic mass is 9.33. The molecule has 4 nitrogen and oxygen atoms in total. The molecule has 14 rings (SSSR count). The maximum Gasteiger partial charge on any atom is 0.252 e. The Morgan fingerprint density at radius 1 is 0.242 bits per heavy atom. The van der Waals surface area contributed by atoms with Crippen molar-refractivity contribution >= 4 is 120 Å². The Labute approximate surface area is 386 Å². The highest BCUT2D eigenvalue weighted by Gasteiger charge is 2.54. The monoisotopic (exact) mass is 856 g/mol. The van der Waals surface area contributed by atoms with Crippen LogP contribution in [0.2, 0.25) is 0 Å². The Kier molecular flexibility index (Phi) is 8.06. The first kappa shape index (κ1) is 37.1. The van der Waals surface area contributed by atoms with Gasteiger partial charge in [0.1, 0.15) is 0 Å². The molecule has 0 N–H and O–H groups in total. The van der Waals surface area contributed by atoms with Gasteiger partial charge in [-0.2, -0.15) is 0 Å². The molecule has 66 heavy (non-hydrogen) atoms. The highest BCUT2D eigenvalue weighted by molar-refractivity contribution is 7.23. The Hall–Kier alpha value is -8.32. The third-order valence-corrected chi connectivity index (χ3v) is 19.3. The first-order valence-corrected chi connectivity index (χ1v) is 24.9. The van der Waals surface area contributed by atoms with Gasteiger partial charge in [0.05, 0.1) is 0 Å². The highest BCUT2D eigenvalue weighted by Crippen LogP contribution is 2.48. The third-order valence-electron chi connectivity index (χ3n) is 14.4. The van der Waals surface area contributed by atoms with Gasteiger partial charge >= 0.3 is 0 Å². The first-order chi connectivity index (χ1) is 32.8. The zero-order valence-electron chi connectivity index (χ0n) is 36.0. The molecule has 0 radical (unpaired) electrons. The van der Waals surface area contributed by atoms with E-state index in [1.54, 1.807) is 0 Å². The van der Waals surface area contributed by atoms with Crippen molar-refractivity contribution in [2.45, 2.75) is 0 Å². The normalized spacial score (nSPS) is 14.3. The van der Waals surface area contributed by atoms with Gasteiger partial charge in [-0.3, -0.25) is 0 Å². The van der Waals surface area contributed by atoms with Crippen molar-refractivity contribution in [3.8, 4) is 0 Å². The fourth-order valence-electron chi connectivity index (χ4n) is 11.9. The average Bonchev–Trinajstić information content (AvgIpc) is 3.39. The summed E-state index contributed by atoms with van der Waals surface area (Å²) in [7, 11) is -2.93. The summed E-state index contributed by atoms with van der Waals surface area (Å²) in [5, 5.41) is 5.60. The minimum absolute atomic E-state index is 0.0378. The van der Waals surface area contributed by atoms with Crippen molar-refractivity contribution in [1.82, 2.24) is 0 Å². The Morgan fingerprint density at radius 3 is 1.05 bits per heavy atom. The van der Waals surface area contributed by atoms with Crippen LogP contribution in [-0.4, -0.2) is 14.8 Å². The van der Waals surface area contributed by atoms with Crippen LogP contribution in [0.1, 0.15) is 0 Å². The van der Waals surface area contributed by atoms with Crippen LogP contribution >= 0.6 is 0 Å². The van der Waals surface area contributed by atoms with Crippen molar-refractivity contribution in [3.05, 3.63) is 249 Å². The van der Waals surface area contributed by atoms with Gasteiger partial charge in [0, 0.05) is 68.2 Å². The second-order valence-corrected chi connectivity index (χ2v) is 21.3. The van der Waals surface area contributed by atoms with Gasteiger partial charge in [-0.15, -0.1) is 0 Å². The predicted octanol–water partition coefficient (Wildman–Crippen LogP) is 10.7. The molecule has 10 aromatic rings. The molecular formula is C60H41BN4Si. The number of nitrogens with zero attached hydrogens (tertiary/aromatic N) is 4. The van der Waals surface area contributed by atoms with Crippen LogP contribution in [0, 0.1) is 0 Å². The van der Waals surface area contributed by atoms with Gasteiger partial charge in [0.25, 0.3) is 6.71 Å². The summed E-state index contributed by atoms with van der Waals surface area (Å²) in [6.07, 6.45) is 0. The van der Waals surface area contributed by atoms with E-state index in [-0.39, 0.29) is 6.71 Å². The third kappa shape index (κ3) is 5.04. The molecule has 0 fully saturated rings. The number of hydrogen-bond acceptors (Lipinski definition) is 4. The lowest BCUT2D eigenvalue weighted by molar-refractivity contribution is 1.24. The van der Waals surface area contributed by atoms with E-state index in [0.29, 0.717) is 0 Å². The molecule has 0 aliphatic carbocycles. The van der Waals surface area contributed by atoms with Crippen molar-refractivity contribution < 1.29 is 0 Å². The summed E-state index contributed by atoms with van der Waals surface area (Å²) >= 11 is 0. The zero-order chi connectivity index (χ0) is 43.3. The Morgan fingerprint density at radius 2 is 0.576 bits per heavy atom. The topological polar surface area (TPSA) is 13.0 Å². The summed E-state index contributed by atoms with van der Waals surface area (Å²) in [4.78, 5) is 10.00. The molecule has 0 atom stereocenters. The second kappa shape index (κ2) is 14.3. The molecule has 10 aromatic carbocycles. The van der Waals surface area contributed by atoms with Crippen molar-refractivity contribution in [2.75, 3.05) is 19.6 Å². The molecule has 0 saturated carbocycles. The summed E-state index contributed by atoms with van der Waals surface area (Å²) in [6, 6.07) is 92.7. The lowest BCUT2D eigenvalue weighted by Crippen LogP contribution is -2.79. The number of fused-ring (bicyclic) bond motifs is 12. The molecule has 1 spiro atoms. The second-order valence-electron chi connectivity index (χ2n) is 17.6. The highest BCUT2D eigenvalue weighted by atomic mass is 28.3. The van der Waals surface area contributed by atoms with Crippen LogP contribution in [-0.2, 0) is 0 Å². The number of hydrogen-bond donors (Lipinski definition) is 0. The average molecular weight is 857 g/mol. The fraction of sp³-hybridized carbons (Fsp3) is 0. The van der Waals surface area contributed by atoms with E-state index in [0.717, 1.165) is 17.1 Å².